The van der Waals surface area contributed by atoms with E-state index < -0.39 is 5.97 Å². The van der Waals surface area contributed by atoms with Crippen molar-refractivity contribution in [1.82, 2.24) is 24.4 Å². The molecule has 0 fully saturated rings. The number of carboxylic acid groups (broad SMARTS) is 1. The van der Waals surface area contributed by atoms with E-state index >= 15 is 0 Å². The molecule has 29 heavy (non-hydrogen) atoms. The zero-order valence-corrected chi connectivity index (χ0v) is 15.4. The molecule has 2 N–H and O–H groups in total. The Hall–Kier alpha value is -3.49. The van der Waals surface area contributed by atoms with Crippen LogP contribution in [0.2, 0.25) is 0 Å². The number of allylic oxidation sites excluding steroid dienone is 2. The molecule has 5 heterocycles. The van der Waals surface area contributed by atoms with Gasteiger partial charge < -0.3 is 15.3 Å². The predicted molar refractivity (Wildman–Crippen MR) is 105 cm³/mol. The van der Waals surface area contributed by atoms with Crippen molar-refractivity contribution in [2.75, 3.05) is 11.9 Å². The normalized spacial score (nSPS) is 28.8. The Morgan fingerprint density at radius 2 is 2.10 bits per heavy atom. The molecule has 9 nitrogen and oxygen atoms in total. The van der Waals surface area contributed by atoms with Crippen LogP contribution in [0.1, 0.15) is 29.4 Å². The molecule has 0 radical (unpaired) electrons. The number of carbonyl (C=O) groups is 1. The van der Waals surface area contributed by atoms with E-state index in [0.717, 1.165) is 25.6 Å². The lowest BCUT2D eigenvalue weighted by atomic mass is 9.78. The Kier molecular flexibility index (Phi) is 3.27. The monoisotopic (exact) mass is 390 g/mol. The Bertz CT molecular complexity index is 1210. The minimum atomic E-state index is -1.22. The molecule has 3 aliphatic heterocycles. The number of rotatable bonds is 2. The number of hydrogen-bond donors (Lipinski definition) is 2. The van der Waals surface area contributed by atoms with E-state index in [1.165, 1.54) is 5.57 Å². The first-order chi connectivity index (χ1) is 14.1. The highest BCUT2D eigenvalue weighted by Gasteiger charge is 2.44. The highest BCUT2D eigenvalue weighted by molar-refractivity contribution is 5.87. The number of nitrogens with one attached hydrogen (secondary N) is 1. The zero-order valence-electron chi connectivity index (χ0n) is 15.4. The van der Waals surface area contributed by atoms with Gasteiger partial charge in [0, 0.05) is 24.7 Å². The molecule has 146 valence electrons. The maximum atomic E-state index is 13.3. The number of anilines is 1. The lowest BCUT2D eigenvalue weighted by Crippen LogP contribution is -2.54. The van der Waals surface area contributed by atoms with E-state index in [4.69, 9.17) is 0 Å². The lowest BCUT2D eigenvalue weighted by Gasteiger charge is -2.45. The summed E-state index contributed by atoms with van der Waals surface area (Å²) in [6.45, 7) is 0.928. The summed E-state index contributed by atoms with van der Waals surface area (Å²) in [4.78, 5) is 39.5. The van der Waals surface area contributed by atoms with E-state index in [1.807, 2.05) is 0 Å². The summed E-state index contributed by atoms with van der Waals surface area (Å²) in [6, 6.07) is 0.280. The van der Waals surface area contributed by atoms with Crippen LogP contribution in [0.15, 0.2) is 47.1 Å². The van der Waals surface area contributed by atoms with Crippen LogP contribution in [0.4, 0.5) is 5.95 Å². The van der Waals surface area contributed by atoms with Gasteiger partial charge in [0.25, 0.3) is 5.56 Å². The standard InChI is InChI=1S/C20H18N6O3/c27-18-16-17(21-8-12(22-16)19(28)29)24-20-23-15(14-7-10-5-6-25(14)9-10)11-3-1-2-4-13(11)26(18)20/h1-2,5-8,11,13-15H,3-4,9H2,(H,28,29)(H,21,23,24). The first-order valence-corrected chi connectivity index (χ1v) is 9.69. The van der Waals surface area contributed by atoms with Gasteiger partial charge in [-0.15, -0.1) is 0 Å². The number of aromatic carboxylic acids is 1. The molecule has 2 aromatic heterocycles. The summed E-state index contributed by atoms with van der Waals surface area (Å²) in [6.07, 6.45) is 13.6. The van der Waals surface area contributed by atoms with Gasteiger partial charge in [0.05, 0.1) is 18.3 Å². The van der Waals surface area contributed by atoms with Crippen molar-refractivity contribution < 1.29 is 9.90 Å². The molecule has 4 unspecified atom stereocenters. The highest BCUT2D eigenvalue weighted by atomic mass is 16.4. The van der Waals surface area contributed by atoms with Crippen molar-refractivity contribution in [2.24, 2.45) is 5.92 Å². The first kappa shape index (κ1) is 16.5. The average molecular weight is 390 g/mol. The number of aromatic nitrogens is 4. The fourth-order valence-corrected chi connectivity index (χ4v) is 5.03. The predicted octanol–water partition coefficient (Wildman–Crippen LogP) is 1.32. The second kappa shape index (κ2) is 5.76. The van der Waals surface area contributed by atoms with Crippen LogP contribution in [0.25, 0.3) is 11.2 Å². The quantitative estimate of drug-likeness (QED) is 0.739. The van der Waals surface area contributed by atoms with Crippen LogP contribution in [-0.4, -0.2) is 54.1 Å². The molecular weight excluding hydrogens is 372 g/mol. The molecule has 6 rings (SSSR count). The lowest BCUT2D eigenvalue weighted by molar-refractivity contribution is 0.0690. The molecule has 0 amide bonds. The molecule has 2 aromatic rings. The molecule has 0 saturated heterocycles. The molecule has 0 saturated carbocycles. The summed E-state index contributed by atoms with van der Waals surface area (Å²) in [5.41, 5.74) is 0.876. The van der Waals surface area contributed by atoms with Crippen LogP contribution in [0.5, 0.6) is 0 Å². The Morgan fingerprint density at radius 3 is 2.86 bits per heavy atom. The van der Waals surface area contributed by atoms with Crippen LogP contribution < -0.4 is 10.9 Å². The third-order valence-electron chi connectivity index (χ3n) is 6.35. The number of fused-ring (bicyclic) bond motifs is 6. The van der Waals surface area contributed by atoms with E-state index in [9.17, 15) is 14.7 Å². The van der Waals surface area contributed by atoms with Crippen molar-refractivity contribution in [3.05, 3.63) is 58.3 Å². The van der Waals surface area contributed by atoms with Crippen molar-refractivity contribution in [3.8, 4) is 0 Å². The minimum absolute atomic E-state index is 0.00377. The third kappa shape index (κ3) is 2.30. The Labute approximate surface area is 165 Å². The van der Waals surface area contributed by atoms with E-state index in [-0.39, 0.29) is 46.5 Å². The highest BCUT2D eigenvalue weighted by Crippen LogP contribution is 2.42. The van der Waals surface area contributed by atoms with Gasteiger partial charge in [-0.3, -0.25) is 9.36 Å². The zero-order chi connectivity index (χ0) is 19.7. The summed E-state index contributed by atoms with van der Waals surface area (Å²) < 4.78 is 1.65. The van der Waals surface area contributed by atoms with E-state index in [2.05, 4.69) is 55.7 Å². The van der Waals surface area contributed by atoms with Crippen LogP contribution >= 0.6 is 0 Å². The average Bonchev–Trinajstić information content (AvgIpc) is 3.36. The first-order valence-electron chi connectivity index (χ1n) is 9.69. The molecule has 4 atom stereocenters. The smallest absolute Gasteiger partial charge is 0.356 e. The second-order valence-corrected chi connectivity index (χ2v) is 7.91. The SMILES string of the molecule is O=C(O)c1cnc2nc3n(c(=O)c2n1)C1CC=CCC1C(C1C=C2C=CN1C2)N3. The van der Waals surface area contributed by atoms with Crippen molar-refractivity contribution >= 4 is 23.1 Å². The molecule has 0 spiro atoms. The number of nitrogens with zero attached hydrogens (tertiary/aromatic N) is 5. The van der Waals surface area contributed by atoms with E-state index in [1.54, 1.807) is 4.57 Å². The van der Waals surface area contributed by atoms with Gasteiger partial charge in [-0.2, -0.15) is 4.98 Å². The summed E-state index contributed by atoms with van der Waals surface area (Å²) in [5, 5.41) is 12.7. The molecule has 0 aromatic carbocycles. The topological polar surface area (TPSA) is 113 Å². The van der Waals surface area contributed by atoms with Gasteiger partial charge in [-0.1, -0.05) is 18.2 Å². The largest absolute Gasteiger partial charge is 0.476 e. The summed E-state index contributed by atoms with van der Waals surface area (Å²) >= 11 is 0. The number of carboxylic acids is 1. The molecule has 9 heteroatoms. The second-order valence-electron chi connectivity index (χ2n) is 7.91. The maximum absolute atomic E-state index is 13.3. The van der Waals surface area contributed by atoms with Gasteiger partial charge >= 0.3 is 5.97 Å². The van der Waals surface area contributed by atoms with Gasteiger partial charge in [-0.25, -0.2) is 14.8 Å². The fourth-order valence-electron chi connectivity index (χ4n) is 5.03. The summed E-state index contributed by atoms with van der Waals surface area (Å²) in [5.74, 6) is -0.521. The van der Waals surface area contributed by atoms with Crippen LogP contribution in [0.3, 0.4) is 0 Å². The van der Waals surface area contributed by atoms with Crippen LogP contribution in [0, 0.1) is 5.92 Å². The third-order valence-corrected chi connectivity index (χ3v) is 6.35. The maximum Gasteiger partial charge on any atom is 0.356 e. The Morgan fingerprint density at radius 1 is 1.24 bits per heavy atom. The van der Waals surface area contributed by atoms with E-state index in [0.29, 0.717) is 5.95 Å². The Balaban J connectivity index is 1.51. The van der Waals surface area contributed by atoms with Gasteiger partial charge in [-0.05, 0) is 24.5 Å². The van der Waals surface area contributed by atoms with Crippen molar-refractivity contribution in [2.45, 2.75) is 31.0 Å². The van der Waals surface area contributed by atoms with Gasteiger partial charge in [0.15, 0.2) is 16.9 Å². The number of hydrogen-bond acceptors (Lipinski definition) is 7. The van der Waals surface area contributed by atoms with Gasteiger partial charge in [0.2, 0.25) is 5.95 Å². The minimum Gasteiger partial charge on any atom is -0.476 e. The van der Waals surface area contributed by atoms with Crippen molar-refractivity contribution in [1.29, 1.82) is 0 Å². The van der Waals surface area contributed by atoms with Crippen LogP contribution in [-0.2, 0) is 0 Å². The summed E-state index contributed by atoms with van der Waals surface area (Å²) in [7, 11) is 0. The molecule has 4 aliphatic rings. The molecule has 1 aliphatic carbocycles. The molecule has 2 bridgehead atoms. The van der Waals surface area contributed by atoms with Gasteiger partial charge in [0.1, 0.15) is 0 Å². The molecular formula is C20H18N6O3. The van der Waals surface area contributed by atoms with Crippen molar-refractivity contribution in [3.63, 3.8) is 0 Å². The fraction of sp³-hybridized carbons (Fsp3) is 0.350.